The average molecular weight is 354 g/mol. The number of aromatic amines is 1. The zero-order valence-corrected chi connectivity index (χ0v) is 13.1. The Bertz CT molecular complexity index is 665. The molecule has 0 spiro atoms. The molecule has 0 saturated heterocycles. The van der Waals surface area contributed by atoms with Crippen LogP contribution in [0.1, 0.15) is 30.1 Å². The Kier molecular flexibility index (Phi) is 5.01. The first-order valence-electron chi connectivity index (χ1n) is 6.67. The molecule has 0 aliphatic rings. The molecule has 112 valence electrons. The van der Waals surface area contributed by atoms with Crippen molar-refractivity contribution < 1.29 is 19.4 Å². The number of carbonyl (C=O) groups is 2. The molecule has 1 aromatic heterocycles. The number of H-pyrrole nitrogens is 1. The van der Waals surface area contributed by atoms with E-state index in [0.717, 1.165) is 17.3 Å². The minimum atomic E-state index is -1.02. The molecule has 1 aromatic carbocycles. The monoisotopic (exact) mass is 353 g/mol. The summed E-state index contributed by atoms with van der Waals surface area (Å²) in [7, 11) is 0. The third kappa shape index (κ3) is 3.64. The summed E-state index contributed by atoms with van der Waals surface area (Å²) in [4.78, 5) is 25.3. The molecule has 1 heterocycles. The molecule has 1 atom stereocenters. The van der Waals surface area contributed by atoms with Gasteiger partial charge in [0.2, 0.25) is 0 Å². The number of fused-ring (bicyclic) bond motifs is 1. The van der Waals surface area contributed by atoms with Crippen molar-refractivity contribution in [3.63, 3.8) is 0 Å². The predicted molar refractivity (Wildman–Crippen MR) is 83.4 cm³/mol. The van der Waals surface area contributed by atoms with Crippen molar-refractivity contribution >= 4 is 38.6 Å². The maximum Gasteiger partial charge on any atom is 0.304 e. The van der Waals surface area contributed by atoms with Gasteiger partial charge in [-0.3, -0.25) is 9.59 Å². The van der Waals surface area contributed by atoms with Gasteiger partial charge >= 0.3 is 5.97 Å². The summed E-state index contributed by atoms with van der Waals surface area (Å²) in [6, 6.07) is 5.48. The van der Waals surface area contributed by atoms with E-state index >= 15 is 0 Å². The third-order valence-electron chi connectivity index (χ3n) is 3.03. The second-order valence-corrected chi connectivity index (χ2v) is 5.79. The highest BCUT2D eigenvalue weighted by molar-refractivity contribution is 9.10. The van der Waals surface area contributed by atoms with Gasteiger partial charge in [-0.2, -0.15) is 0 Å². The maximum atomic E-state index is 12.3. The summed E-state index contributed by atoms with van der Waals surface area (Å²) < 4.78 is 5.56. The van der Waals surface area contributed by atoms with E-state index in [1.165, 1.54) is 0 Å². The van der Waals surface area contributed by atoms with Gasteiger partial charge in [-0.15, -0.1) is 0 Å². The van der Waals surface area contributed by atoms with Gasteiger partial charge in [0.15, 0.2) is 5.78 Å². The summed E-state index contributed by atoms with van der Waals surface area (Å²) in [6.45, 7) is 2.63. The fourth-order valence-electron chi connectivity index (χ4n) is 2.03. The molecule has 0 bridgehead atoms. The molecule has 1 unspecified atom stereocenters. The molecular formula is C15H16BrNO4. The van der Waals surface area contributed by atoms with Crippen LogP contribution in [0.3, 0.4) is 0 Å². The number of aromatic nitrogens is 1. The summed E-state index contributed by atoms with van der Waals surface area (Å²) in [6.07, 6.45) is 2.25. The van der Waals surface area contributed by atoms with Crippen LogP contribution < -0.4 is 4.74 Å². The average Bonchev–Trinajstić information content (AvgIpc) is 2.86. The van der Waals surface area contributed by atoms with Gasteiger partial charge < -0.3 is 14.8 Å². The first-order valence-corrected chi connectivity index (χ1v) is 7.58. The van der Waals surface area contributed by atoms with E-state index < -0.39 is 10.8 Å². The Balaban J connectivity index is 2.30. The smallest absolute Gasteiger partial charge is 0.304 e. The van der Waals surface area contributed by atoms with Crippen LogP contribution in [0.2, 0.25) is 0 Å². The minimum absolute atomic E-state index is 0.252. The van der Waals surface area contributed by atoms with Crippen molar-refractivity contribution in [3.05, 3.63) is 30.0 Å². The van der Waals surface area contributed by atoms with Crippen molar-refractivity contribution in [1.82, 2.24) is 4.98 Å². The van der Waals surface area contributed by atoms with Crippen LogP contribution in [0.15, 0.2) is 24.4 Å². The molecule has 6 heteroatoms. The Morgan fingerprint density at radius 1 is 1.43 bits per heavy atom. The van der Waals surface area contributed by atoms with E-state index in [4.69, 9.17) is 9.84 Å². The van der Waals surface area contributed by atoms with E-state index in [1.54, 1.807) is 12.3 Å². The molecule has 21 heavy (non-hydrogen) atoms. The van der Waals surface area contributed by atoms with Crippen LogP contribution in [0.25, 0.3) is 10.9 Å². The second kappa shape index (κ2) is 6.76. The number of carboxylic acid groups (broad SMARTS) is 1. The number of benzene rings is 1. The first-order chi connectivity index (χ1) is 10.0. The van der Waals surface area contributed by atoms with Gasteiger partial charge in [0.1, 0.15) is 5.75 Å². The number of rotatable bonds is 7. The number of Topliss-reactive ketones (excluding diaryl/α,β-unsaturated/α-hetero) is 1. The van der Waals surface area contributed by atoms with E-state index in [9.17, 15) is 9.59 Å². The lowest BCUT2D eigenvalue weighted by Gasteiger charge is -2.07. The highest BCUT2D eigenvalue weighted by atomic mass is 79.9. The predicted octanol–water partition coefficient (Wildman–Crippen LogP) is 3.38. The maximum absolute atomic E-state index is 12.3. The minimum Gasteiger partial charge on any atom is -0.494 e. The molecule has 2 rings (SSSR count). The SMILES string of the molecule is CCCOc1ccc2[nH]cc(C(=O)C(Br)CC(=O)O)c2c1. The Hall–Kier alpha value is -1.82. The highest BCUT2D eigenvalue weighted by Crippen LogP contribution is 2.26. The lowest BCUT2D eigenvalue weighted by Crippen LogP contribution is -2.17. The van der Waals surface area contributed by atoms with Crippen LogP contribution in [0.4, 0.5) is 0 Å². The fraction of sp³-hybridized carbons (Fsp3) is 0.333. The van der Waals surface area contributed by atoms with Gasteiger partial charge in [0.25, 0.3) is 0 Å². The van der Waals surface area contributed by atoms with Crippen LogP contribution in [-0.2, 0) is 4.79 Å². The summed E-state index contributed by atoms with van der Waals surface area (Å²) in [5.41, 5.74) is 1.28. The lowest BCUT2D eigenvalue weighted by molar-refractivity contribution is -0.136. The number of alkyl halides is 1. The Morgan fingerprint density at radius 3 is 2.86 bits per heavy atom. The molecule has 0 aliphatic carbocycles. The largest absolute Gasteiger partial charge is 0.494 e. The van der Waals surface area contributed by atoms with E-state index in [2.05, 4.69) is 20.9 Å². The summed E-state index contributed by atoms with van der Waals surface area (Å²) in [5, 5.41) is 9.51. The zero-order chi connectivity index (χ0) is 15.4. The molecule has 0 saturated carbocycles. The molecule has 0 fully saturated rings. The quantitative estimate of drug-likeness (QED) is 0.590. The van der Waals surface area contributed by atoms with E-state index in [-0.39, 0.29) is 12.2 Å². The number of aliphatic carboxylic acids is 1. The van der Waals surface area contributed by atoms with Crippen molar-refractivity contribution in [3.8, 4) is 5.75 Å². The van der Waals surface area contributed by atoms with Gasteiger partial charge in [0.05, 0.1) is 17.9 Å². The zero-order valence-electron chi connectivity index (χ0n) is 11.6. The number of ether oxygens (including phenoxy) is 1. The van der Waals surface area contributed by atoms with Crippen LogP contribution in [0, 0.1) is 0 Å². The Labute approximate surface area is 130 Å². The molecule has 2 aromatic rings. The first kappa shape index (κ1) is 15.6. The molecule has 0 amide bonds. The van der Waals surface area contributed by atoms with Crippen LogP contribution >= 0.6 is 15.9 Å². The fourth-order valence-corrected chi connectivity index (χ4v) is 2.55. The van der Waals surface area contributed by atoms with Crippen LogP contribution in [-0.4, -0.2) is 33.3 Å². The standard InChI is InChI=1S/C15H16BrNO4/c1-2-5-21-9-3-4-13-10(6-9)11(8-17-13)15(20)12(16)7-14(18)19/h3-4,6,8,12,17H,2,5,7H2,1H3,(H,18,19). The number of carbonyl (C=O) groups excluding carboxylic acids is 1. The van der Waals surface area contributed by atoms with Crippen molar-refractivity contribution in [2.75, 3.05) is 6.61 Å². The van der Waals surface area contributed by atoms with Gasteiger partial charge in [-0.25, -0.2) is 0 Å². The summed E-state index contributed by atoms with van der Waals surface area (Å²) in [5.74, 6) is -0.573. The van der Waals surface area contributed by atoms with Crippen LogP contribution in [0.5, 0.6) is 5.75 Å². The molecular weight excluding hydrogens is 338 g/mol. The van der Waals surface area contributed by atoms with E-state index in [1.807, 2.05) is 19.1 Å². The number of halogens is 1. The van der Waals surface area contributed by atoms with Crippen molar-refractivity contribution in [2.45, 2.75) is 24.6 Å². The number of nitrogens with one attached hydrogen (secondary N) is 1. The topological polar surface area (TPSA) is 79.4 Å². The summed E-state index contributed by atoms with van der Waals surface area (Å²) >= 11 is 3.14. The molecule has 0 radical (unpaired) electrons. The third-order valence-corrected chi connectivity index (χ3v) is 3.77. The molecule has 0 aliphatic heterocycles. The van der Waals surface area contributed by atoms with Crippen molar-refractivity contribution in [1.29, 1.82) is 0 Å². The van der Waals surface area contributed by atoms with Gasteiger partial charge in [-0.05, 0) is 24.6 Å². The molecule has 5 nitrogen and oxygen atoms in total. The van der Waals surface area contributed by atoms with E-state index in [0.29, 0.717) is 17.9 Å². The molecule has 2 N–H and O–H groups in total. The van der Waals surface area contributed by atoms with Gasteiger partial charge in [-0.1, -0.05) is 22.9 Å². The highest BCUT2D eigenvalue weighted by Gasteiger charge is 2.22. The normalized spacial score (nSPS) is 12.3. The number of ketones is 1. The van der Waals surface area contributed by atoms with Crippen molar-refractivity contribution in [2.24, 2.45) is 0 Å². The number of hydrogen-bond donors (Lipinski definition) is 2. The Morgan fingerprint density at radius 2 is 2.19 bits per heavy atom. The van der Waals surface area contributed by atoms with Gasteiger partial charge in [0, 0.05) is 22.7 Å². The lowest BCUT2D eigenvalue weighted by atomic mass is 10.1. The number of hydrogen-bond acceptors (Lipinski definition) is 3. The second-order valence-electron chi connectivity index (χ2n) is 4.69. The number of carboxylic acids is 1.